The Morgan fingerprint density at radius 3 is 2.40 bits per heavy atom. The lowest BCUT2D eigenvalue weighted by Crippen LogP contribution is -2.58. The van der Waals surface area contributed by atoms with E-state index in [9.17, 15) is 31.9 Å². The standard InChI is InChI=1S/C35H37F4N5O4/c1-19(21-3-2-4-21)40-15-20-11-28(33(47)44(16-20)24-7-8-24)31(45)42-30-13-23(12-29(41-30)22-5-6-22)26-10-9-25(48-34(36)37)14-27(26)32(46)43-17-35(38,39)18-43/h9-14,16,19,21-22,24,34,40H,2-8,15,17-18H2,1H3,(H,41,42,45)/t19-/m0/s1. The number of carbonyl (C=O) groups excluding carboxylic acids is 2. The zero-order valence-electron chi connectivity index (χ0n) is 26.5. The van der Waals surface area contributed by atoms with Crippen molar-refractivity contribution in [2.45, 2.75) is 88.9 Å². The molecule has 254 valence electrons. The molecule has 1 atom stereocenters. The molecule has 0 bridgehead atoms. The summed E-state index contributed by atoms with van der Waals surface area (Å²) in [5.74, 6) is -3.84. The molecule has 3 aliphatic carbocycles. The predicted octanol–water partition coefficient (Wildman–Crippen LogP) is 6.35. The van der Waals surface area contributed by atoms with Crippen LogP contribution in [-0.2, 0) is 6.54 Å². The predicted molar refractivity (Wildman–Crippen MR) is 170 cm³/mol. The van der Waals surface area contributed by atoms with E-state index in [1.165, 1.54) is 37.5 Å². The Kier molecular flexibility index (Phi) is 8.51. The highest BCUT2D eigenvalue weighted by Gasteiger charge is 2.47. The molecular weight excluding hydrogens is 630 g/mol. The fraction of sp³-hybridized carbons (Fsp3) is 0.486. The number of aromatic nitrogens is 2. The minimum absolute atomic E-state index is 0.0132. The lowest BCUT2D eigenvalue weighted by Gasteiger charge is -2.39. The zero-order chi connectivity index (χ0) is 33.7. The Labute approximate surface area is 274 Å². The van der Waals surface area contributed by atoms with Crippen LogP contribution in [0.4, 0.5) is 23.4 Å². The molecule has 2 amide bonds. The van der Waals surface area contributed by atoms with Crippen LogP contribution in [0.15, 0.2) is 47.4 Å². The van der Waals surface area contributed by atoms with Gasteiger partial charge in [-0.2, -0.15) is 8.78 Å². The Morgan fingerprint density at radius 2 is 1.77 bits per heavy atom. The lowest BCUT2D eigenvalue weighted by molar-refractivity contribution is -0.113. The first kappa shape index (κ1) is 32.3. The SMILES string of the molecule is C[C@H](NCc1cc(C(=O)Nc2cc(-c3ccc(OC(F)F)cc3C(=O)N3CC(F)(F)C3)cc(C3CC3)n2)c(=O)n(C2CC2)c1)C1CCC1. The molecule has 4 fully saturated rings. The number of nitrogens with zero attached hydrogens (tertiary/aromatic N) is 3. The lowest BCUT2D eigenvalue weighted by atomic mass is 9.80. The first-order valence-electron chi connectivity index (χ1n) is 16.5. The molecule has 4 aliphatic rings. The number of benzene rings is 1. The summed E-state index contributed by atoms with van der Waals surface area (Å²) in [4.78, 5) is 46.2. The third-order valence-electron chi connectivity index (χ3n) is 9.74. The number of hydrogen-bond donors (Lipinski definition) is 2. The molecule has 48 heavy (non-hydrogen) atoms. The molecule has 0 spiro atoms. The highest BCUT2D eigenvalue weighted by molar-refractivity contribution is 6.05. The molecule has 0 radical (unpaired) electrons. The number of alkyl halides is 4. The molecule has 2 N–H and O–H groups in total. The van der Waals surface area contributed by atoms with E-state index in [0.717, 1.165) is 42.2 Å². The third-order valence-corrected chi connectivity index (χ3v) is 9.74. The Hall–Kier alpha value is -4.26. The van der Waals surface area contributed by atoms with Crippen LogP contribution in [0.1, 0.15) is 95.8 Å². The van der Waals surface area contributed by atoms with Crippen molar-refractivity contribution in [2.75, 3.05) is 18.4 Å². The van der Waals surface area contributed by atoms with E-state index in [1.54, 1.807) is 16.7 Å². The molecule has 1 aromatic carbocycles. The van der Waals surface area contributed by atoms with Crippen molar-refractivity contribution in [3.63, 3.8) is 0 Å². The molecule has 1 aliphatic heterocycles. The maximum absolute atomic E-state index is 13.7. The van der Waals surface area contributed by atoms with Gasteiger partial charge in [0.25, 0.3) is 23.3 Å². The molecule has 0 unspecified atom stereocenters. The normalized spacial score (nSPS) is 19.4. The number of anilines is 1. The number of ether oxygens (including phenoxy) is 1. The molecule has 3 saturated carbocycles. The van der Waals surface area contributed by atoms with E-state index >= 15 is 0 Å². The van der Waals surface area contributed by atoms with Gasteiger partial charge >= 0.3 is 6.61 Å². The second-order valence-electron chi connectivity index (χ2n) is 13.6. The van der Waals surface area contributed by atoms with Gasteiger partial charge in [0.1, 0.15) is 17.1 Å². The highest BCUT2D eigenvalue weighted by atomic mass is 19.3. The Balaban J connectivity index is 1.20. The molecule has 3 aromatic rings. The molecule has 2 aromatic heterocycles. The number of carbonyl (C=O) groups is 2. The number of halogens is 4. The van der Waals surface area contributed by atoms with E-state index in [1.807, 2.05) is 6.20 Å². The van der Waals surface area contributed by atoms with Gasteiger partial charge in [0.05, 0.1) is 18.7 Å². The van der Waals surface area contributed by atoms with E-state index in [4.69, 9.17) is 0 Å². The Morgan fingerprint density at radius 1 is 1.02 bits per heavy atom. The maximum Gasteiger partial charge on any atom is 0.387 e. The maximum atomic E-state index is 13.7. The van der Waals surface area contributed by atoms with E-state index in [2.05, 4.69) is 27.3 Å². The van der Waals surface area contributed by atoms with Crippen molar-refractivity contribution in [3.05, 3.63) is 75.3 Å². The van der Waals surface area contributed by atoms with Crippen molar-refractivity contribution < 1.29 is 31.9 Å². The van der Waals surface area contributed by atoms with Gasteiger partial charge in [-0.25, -0.2) is 13.8 Å². The molecular formula is C35H37F4N5O4. The number of rotatable bonds is 12. The first-order chi connectivity index (χ1) is 22.9. The van der Waals surface area contributed by atoms with Crippen LogP contribution in [0.3, 0.4) is 0 Å². The first-order valence-corrected chi connectivity index (χ1v) is 16.5. The highest BCUT2D eigenvalue weighted by Crippen LogP contribution is 2.42. The van der Waals surface area contributed by atoms with E-state index in [0.29, 0.717) is 29.8 Å². The number of amides is 2. The van der Waals surface area contributed by atoms with E-state index in [-0.39, 0.29) is 40.2 Å². The number of likely N-dealkylation sites (tertiary alicyclic amines) is 1. The van der Waals surface area contributed by atoms with Crippen LogP contribution >= 0.6 is 0 Å². The quantitative estimate of drug-likeness (QED) is 0.218. The molecule has 13 heteroatoms. The van der Waals surface area contributed by atoms with Gasteiger partial charge in [0.15, 0.2) is 0 Å². The van der Waals surface area contributed by atoms with Crippen LogP contribution in [0.25, 0.3) is 11.1 Å². The summed E-state index contributed by atoms with van der Waals surface area (Å²) in [6.07, 6.45) is 8.89. The summed E-state index contributed by atoms with van der Waals surface area (Å²) in [6, 6.07) is 9.05. The Bertz CT molecular complexity index is 1790. The van der Waals surface area contributed by atoms with Gasteiger partial charge in [-0.1, -0.05) is 6.42 Å². The smallest absolute Gasteiger partial charge is 0.387 e. The minimum atomic E-state index is -3.15. The van der Waals surface area contributed by atoms with Crippen LogP contribution in [0.2, 0.25) is 0 Å². The van der Waals surface area contributed by atoms with Crippen molar-refractivity contribution in [1.82, 2.24) is 19.8 Å². The van der Waals surface area contributed by atoms with Crippen molar-refractivity contribution in [3.8, 4) is 16.9 Å². The molecule has 1 saturated heterocycles. The number of pyridine rings is 2. The summed E-state index contributed by atoms with van der Waals surface area (Å²) in [5.41, 5.74) is 1.67. The van der Waals surface area contributed by atoms with Gasteiger partial charge in [-0.3, -0.25) is 14.4 Å². The van der Waals surface area contributed by atoms with Gasteiger partial charge in [-0.15, -0.1) is 0 Å². The van der Waals surface area contributed by atoms with Crippen molar-refractivity contribution in [1.29, 1.82) is 0 Å². The largest absolute Gasteiger partial charge is 0.435 e. The van der Waals surface area contributed by atoms with Crippen LogP contribution in [-0.4, -0.2) is 57.9 Å². The van der Waals surface area contributed by atoms with Crippen LogP contribution < -0.4 is 20.9 Å². The summed E-state index contributed by atoms with van der Waals surface area (Å²) in [7, 11) is 0. The third kappa shape index (κ3) is 6.96. The molecule has 7 rings (SSSR count). The van der Waals surface area contributed by atoms with Crippen molar-refractivity contribution >= 4 is 17.6 Å². The second kappa shape index (κ2) is 12.6. The van der Waals surface area contributed by atoms with Crippen LogP contribution in [0.5, 0.6) is 5.75 Å². The summed E-state index contributed by atoms with van der Waals surface area (Å²) in [5, 5.41) is 6.33. The van der Waals surface area contributed by atoms with Gasteiger partial charge in [-0.05, 0) is 104 Å². The zero-order valence-corrected chi connectivity index (χ0v) is 26.5. The second-order valence-corrected chi connectivity index (χ2v) is 13.6. The topological polar surface area (TPSA) is 106 Å². The van der Waals surface area contributed by atoms with E-state index < -0.39 is 43.0 Å². The van der Waals surface area contributed by atoms with Gasteiger partial charge < -0.3 is 24.8 Å². The average molecular weight is 668 g/mol. The number of hydrogen-bond acceptors (Lipinski definition) is 6. The summed E-state index contributed by atoms with van der Waals surface area (Å²) >= 11 is 0. The molecule has 3 heterocycles. The van der Waals surface area contributed by atoms with Crippen molar-refractivity contribution in [2.24, 2.45) is 5.92 Å². The average Bonchev–Trinajstić information content (AvgIpc) is 3.91. The van der Waals surface area contributed by atoms with Crippen LogP contribution in [0, 0.1) is 5.92 Å². The molecule has 9 nitrogen and oxygen atoms in total. The van der Waals surface area contributed by atoms with Gasteiger partial charge in [0, 0.05) is 36.4 Å². The summed E-state index contributed by atoms with van der Waals surface area (Å²) in [6.45, 7) is -2.07. The monoisotopic (exact) mass is 667 g/mol. The summed E-state index contributed by atoms with van der Waals surface area (Å²) < 4.78 is 59.5. The fourth-order valence-corrected chi connectivity index (χ4v) is 6.43. The minimum Gasteiger partial charge on any atom is -0.435 e. The van der Waals surface area contributed by atoms with Gasteiger partial charge in [0.2, 0.25) is 0 Å². The fourth-order valence-electron chi connectivity index (χ4n) is 6.43. The number of nitrogens with one attached hydrogen (secondary N) is 2.